The third-order valence-corrected chi connectivity index (χ3v) is 3.64. The molecule has 0 aliphatic heterocycles. The number of Topliss-reactive ketones (excluding diaryl/α,β-unsaturated/α-hetero) is 1. The number of carbonyl (C=O) groups excluding carboxylic acids is 1. The summed E-state index contributed by atoms with van der Waals surface area (Å²) in [5.74, 6) is 3.34. The van der Waals surface area contributed by atoms with E-state index in [1.54, 1.807) is 0 Å². The topological polar surface area (TPSA) is 17.1 Å². The van der Waals surface area contributed by atoms with Gasteiger partial charge < -0.3 is 0 Å². The fourth-order valence-corrected chi connectivity index (χ4v) is 3.12. The molecule has 0 aromatic heterocycles. The molecule has 1 nitrogen and oxygen atoms in total. The molecule has 4 atom stereocenters. The Balaban J connectivity index is 2.03. The predicted molar refractivity (Wildman–Crippen MR) is 42.0 cm³/mol. The van der Waals surface area contributed by atoms with Gasteiger partial charge in [0.25, 0.3) is 0 Å². The number of fused-ring (bicyclic) bond motifs is 1. The van der Waals surface area contributed by atoms with Crippen molar-refractivity contribution in [1.82, 2.24) is 0 Å². The van der Waals surface area contributed by atoms with E-state index in [0.29, 0.717) is 11.7 Å². The van der Waals surface area contributed by atoms with Crippen molar-refractivity contribution in [2.45, 2.75) is 19.8 Å². The van der Waals surface area contributed by atoms with Crippen molar-refractivity contribution in [2.24, 2.45) is 23.7 Å². The van der Waals surface area contributed by atoms with Gasteiger partial charge >= 0.3 is 0 Å². The zero-order valence-corrected chi connectivity index (χ0v) is 6.71. The first-order chi connectivity index (χ1) is 5.27. The van der Waals surface area contributed by atoms with Crippen molar-refractivity contribution in [1.29, 1.82) is 0 Å². The molecule has 0 saturated heterocycles. The van der Waals surface area contributed by atoms with Crippen LogP contribution in [-0.2, 0) is 4.79 Å². The molecule has 0 radical (unpaired) electrons. The van der Waals surface area contributed by atoms with Gasteiger partial charge in [-0.2, -0.15) is 0 Å². The van der Waals surface area contributed by atoms with E-state index in [1.807, 2.05) is 0 Å². The number of allylic oxidation sites excluding steroid dienone is 2. The maximum absolute atomic E-state index is 11.3. The molecule has 2 saturated carbocycles. The Kier molecular flexibility index (Phi) is 0.869. The molecule has 11 heavy (non-hydrogen) atoms. The molecular formula is C10H12O. The molecular weight excluding hydrogens is 136 g/mol. The molecule has 0 aromatic carbocycles. The van der Waals surface area contributed by atoms with Crippen LogP contribution in [0.3, 0.4) is 0 Å². The number of hydrogen-bond acceptors (Lipinski definition) is 1. The average Bonchev–Trinajstić information content (AvgIpc) is 2.49. The van der Waals surface area contributed by atoms with Crippen LogP contribution in [0.25, 0.3) is 0 Å². The summed E-state index contributed by atoms with van der Waals surface area (Å²) in [5.41, 5.74) is 1.45. The van der Waals surface area contributed by atoms with Crippen LogP contribution in [0, 0.1) is 23.7 Å². The van der Waals surface area contributed by atoms with Crippen molar-refractivity contribution in [2.75, 3.05) is 0 Å². The van der Waals surface area contributed by atoms with Gasteiger partial charge in [0, 0.05) is 12.3 Å². The minimum Gasteiger partial charge on any atom is -0.299 e. The van der Waals surface area contributed by atoms with E-state index < -0.39 is 0 Å². The molecule has 2 fully saturated rings. The molecule has 3 aliphatic rings. The Morgan fingerprint density at radius 1 is 1.36 bits per heavy atom. The smallest absolute Gasteiger partial charge is 0.140 e. The molecule has 3 rings (SSSR count). The van der Waals surface area contributed by atoms with Crippen LogP contribution in [0.4, 0.5) is 0 Å². The third-order valence-electron chi connectivity index (χ3n) is 3.64. The quantitative estimate of drug-likeness (QED) is 0.479. The lowest BCUT2D eigenvalue weighted by molar-refractivity contribution is -0.120. The van der Waals surface area contributed by atoms with Gasteiger partial charge in [0.15, 0.2) is 0 Å². The van der Waals surface area contributed by atoms with Crippen LogP contribution >= 0.6 is 0 Å². The first kappa shape index (κ1) is 5.99. The van der Waals surface area contributed by atoms with Gasteiger partial charge in [0.2, 0.25) is 0 Å². The summed E-state index contributed by atoms with van der Waals surface area (Å²) in [7, 11) is 0. The van der Waals surface area contributed by atoms with Crippen LogP contribution in [0.5, 0.6) is 0 Å². The van der Waals surface area contributed by atoms with E-state index in [2.05, 4.69) is 13.0 Å². The molecule has 58 valence electrons. The van der Waals surface area contributed by atoms with Gasteiger partial charge in [-0.25, -0.2) is 0 Å². The highest BCUT2D eigenvalue weighted by molar-refractivity contribution is 5.87. The largest absolute Gasteiger partial charge is 0.299 e. The van der Waals surface area contributed by atoms with E-state index in [0.717, 1.165) is 24.2 Å². The molecule has 0 heterocycles. The normalized spacial score (nSPS) is 52.1. The summed E-state index contributed by atoms with van der Waals surface area (Å²) >= 11 is 0. The van der Waals surface area contributed by atoms with E-state index in [1.165, 1.54) is 12.0 Å². The summed E-state index contributed by atoms with van der Waals surface area (Å²) in [6.45, 7) is 2.16. The van der Waals surface area contributed by atoms with Crippen LogP contribution in [0.1, 0.15) is 19.8 Å². The maximum atomic E-state index is 11.3. The lowest BCUT2D eigenvalue weighted by Gasteiger charge is -2.16. The van der Waals surface area contributed by atoms with Crippen LogP contribution in [0.2, 0.25) is 0 Å². The molecule has 1 heteroatoms. The molecule has 2 unspecified atom stereocenters. The Morgan fingerprint density at radius 2 is 2.09 bits per heavy atom. The van der Waals surface area contributed by atoms with Crippen LogP contribution in [0.15, 0.2) is 11.6 Å². The monoisotopic (exact) mass is 148 g/mol. The second-order valence-electron chi connectivity index (χ2n) is 4.32. The Labute approximate surface area is 66.5 Å². The van der Waals surface area contributed by atoms with Crippen LogP contribution < -0.4 is 0 Å². The molecule has 0 aromatic rings. The fourth-order valence-electron chi connectivity index (χ4n) is 3.12. The van der Waals surface area contributed by atoms with Gasteiger partial charge in [-0.3, -0.25) is 4.79 Å². The fraction of sp³-hybridized carbons (Fsp3) is 0.700. The zero-order chi connectivity index (χ0) is 7.59. The standard InChI is InChI=1S/C10H12O/c1-5-2-6-7-4-9(11)8(3-5)10(6)7/h3,6-8,10H,2,4H2,1H3/t6?,7?,8-,10+/m0/s1. The lowest BCUT2D eigenvalue weighted by atomic mass is 9.88. The summed E-state index contributed by atoms with van der Waals surface area (Å²) < 4.78 is 0. The molecule has 0 spiro atoms. The van der Waals surface area contributed by atoms with E-state index in [-0.39, 0.29) is 0 Å². The highest BCUT2D eigenvalue weighted by Gasteiger charge is 2.61. The summed E-state index contributed by atoms with van der Waals surface area (Å²) in [6, 6.07) is 0. The lowest BCUT2D eigenvalue weighted by Crippen LogP contribution is -2.15. The summed E-state index contributed by atoms with van der Waals surface area (Å²) in [6.07, 6.45) is 4.39. The SMILES string of the molecule is CC1=C[C@H]2C(=O)CC3C(C1)[C@H]32. The van der Waals surface area contributed by atoms with Crippen LogP contribution in [-0.4, -0.2) is 5.78 Å². The second kappa shape index (κ2) is 1.60. The summed E-state index contributed by atoms with van der Waals surface area (Å²) in [5, 5.41) is 0. The van der Waals surface area contributed by atoms with Gasteiger partial charge in [0.1, 0.15) is 5.78 Å². The highest BCUT2D eigenvalue weighted by Crippen LogP contribution is 2.63. The first-order valence-electron chi connectivity index (χ1n) is 4.47. The van der Waals surface area contributed by atoms with Crippen molar-refractivity contribution in [3.8, 4) is 0 Å². The van der Waals surface area contributed by atoms with Crippen molar-refractivity contribution in [3.63, 3.8) is 0 Å². The number of hydrogen-bond donors (Lipinski definition) is 0. The Morgan fingerprint density at radius 3 is 2.91 bits per heavy atom. The van der Waals surface area contributed by atoms with Crippen molar-refractivity contribution in [3.05, 3.63) is 11.6 Å². The van der Waals surface area contributed by atoms with Gasteiger partial charge in [-0.15, -0.1) is 0 Å². The molecule has 0 N–H and O–H groups in total. The molecule has 0 bridgehead atoms. The average molecular weight is 148 g/mol. The molecule has 0 amide bonds. The predicted octanol–water partition coefficient (Wildman–Crippen LogP) is 1.79. The number of carbonyl (C=O) groups is 1. The first-order valence-corrected chi connectivity index (χ1v) is 4.47. The number of rotatable bonds is 0. The van der Waals surface area contributed by atoms with E-state index in [9.17, 15) is 4.79 Å². The van der Waals surface area contributed by atoms with Gasteiger partial charge in [0.05, 0.1) is 0 Å². The zero-order valence-electron chi connectivity index (χ0n) is 6.71. The highest BCUT2D eigenvalue weighted by atomic mass is 16.1. The van der Waals surface area contributed by atoms with Gasteiger partial charge in [-0.1, -0.05) is 11.6 Å². The summed E-state index contributed by atoms with van der Waals surface area (Å²) in [4.78, 5) is 11.3. The second-order valence-corrected chi connectivity index (χ2v) is 4.32. The third kappa shape index (κ3) is 0.597. The minimum absolute atomic E-state index is 0.346. The minimum atomic E-state index is 0.346. The van der Waals surface area contributed by atoms with E-state index in [4.69, 9.17) is 0 Å². The van der Waals surface area contributed by atoms with E-state index >= 15 is 0 Å². The Hall–Kier alpha value is -0.590. The Bertz CT molecular complexity index is 264. The molecule has 3 aliphatic carbocycles. The van der Waals surface area contributed by atoms with Crippen molar-refractivity contribution >= 4 is 5.78 Å². The number of ketones is 1. The van der Waals surface area contributed by atoms with Gasteiger partial charge in [-0.05, 0) is 31.1 Å². The van der Waals surface area contributed by atoms with Crippen molar-refractivity contribution < 1.29 is 4.79 Å². The maximum Gasteiger partial charge on any atom is 0.140 e.